The summed E-state index contributed by atoms with van der Waals surface area (Å²) in [7, 11) is 0. The monoisotopic (exact) mass is 349 g/mol. The first kappa shape index (κ1) is 13.8. The number of benzene rings is 1. The number of hydrogen-bond donors (Lipinski definition) is 0. The molecule has 1 aromatic heterocycles. The van der Waals surface area contributed by atoms with Gasteiger partial charge in [-0.25, -0.2) is 0 Å². The molecule has 20 heavy (non-hydrogen) atoms. The van der Waals surface area contributed by atoms with E-state index in [0.29, 0.717) is 0 Å². The molecule has 4 heteroatoms. The van der Waals surface area contributed by atoms with Crippen molar-refractivity contribution in [2.45, 2.75) is 25.8 Å². The molecular formula is C16H16BrNOS. The van der Waals surface area contributed by atoms with Crippen LogP contribution in [0.5, 0.6) is 0 Å². The Morgan fingerprint density at radius 1 is 1.40 bits per heavy atom. The zero-order valence-electron chi connectivity index (χ0n) is 11.3. The van der Waals surface area contributed by atoms with Gasteiger partial charge in [-0.15, -0.1) is 11.3 Å². The lowest BCUT2D eigenvalue weighted by atomic mass is 10.1. The maximum absolute atomic E-state index is 12.8. The summed E-state index contributed by atoms with van der Waals surface area (Å²) in [6.45, 7) is 2.87. The fourth-order valence-corrected chi connectivity index (χ4v) is 4.03. The third-order valence-corrected chi connectivity index (χ3v) is 5.40. The van der Waals surface area contributed by atoms with Crippen LogP contribution in [0.15, 0.2) is 40.2 Å². The van der Waals surface area contributed by atoms with Gasteiger partial charge in [-0.3, -0.25) is 4.79 Å². The van der Waals surface area contributed by atoms with E-state index in [1.807, 2.05) is 30.0 Å². The van der Waals surface area contributed by atoms with Gasteiger partial charge in [-0.1, -0.05) is 17.7 Å². The summed E-state index contributed by atoms with van der Waals surface area (Å²) in [6, 6.07) is 10.4. The van der Waals surface area contributed by atoms with E-state index in [1.165, 1.54) is 4.88 Å². The fourth-order valence-electron chi connectivity index (χ4n) is 2.74. The Morgan fingerprint density at radius 2 is 2.25 bits per heavy atom. The Kier molecular flexibility index (Phi) is 3.94. The van der Waals surface area contributed by atoms with Gasteiger partial charge in [0.05, 0.1) is 11.6 Å². The van der Waals surface area contributed by atoms with E-state index in [1.54, 1.807) is 11.3 Å². The van der Waals surface area contributed by atoms with Gasteiger partial charge < -0.3 is 4.90 Å². The molecule has 2 nitrogen and oxygen atoms in total. The molecule has 1 amide bonds. The smallest absolute Gasteiger partial charge is 0.255 e. The third-order valence-electron chi connectivity index (χ3n) is 3.74. The van der Waals surface area contributed by atoms with E-state index in [9.17, 15) is 4.79 Å². The summed E-state index contributed by atoms with van der Waals surface area (Å²) in [6.07, 6.45) is 2.15. The van der Waals surface area contributed by atoms with Gasteiger partial charge >= 0.3 is 0 Å². The van der Waals surface area contributed by atoms with Crippen molar-refractivity contribution in [3.63, 3.8) is 0 Å². The zero-order valence-corrected chi connectivity index (χ0v) is 13.7. The van der Waals surface area contributed by atoms with Gasteiger partial charge in [0.15, 0.2) is 0 Å². The quantitative estimate of drug-likeness (QED) is 0.762. The van der Waals surface area contributed by atoms with Crippen LogP contribution in [0.4, 0.5) is 0 Å². The van der Waals surface area contributed by atoms with Gasteiger partial charge in [0.1, 0.15) is 0 Å². The van der Waals surface area contributed by atoms with Gasteiger partial charge in [0.25, 0.3) is 5.91 Å². The molecule has 2 aromatic rings. The molecule has 0 saturated carbocycles. The number of nitrogens with zero attached hydrogens (tertiary/aromatic N) is 1. The standard InChI is InChI=1S/C16H16BrNOS/c1-11-6-7-13(17)12(10-11)16(19)18-8-2-4-14(18)15-5-3-9-20-15/h3,5-7,9-10,14H,2,4,8H2,1H3. The molecule has 0 spiro atoms. The van der Waals surface area contributed by atoms with Crippen LogP contribution in [0.3, 0.4) is 0 Å². The van der Waals surface area contributed by atoms with Crippen LogP contribution in [-0.2, 0) is 0 Å². The Balaban J connectivity index is 1.91. The van der Waals surface area contributed by atoms with Crippen molar-refractivity contribution in [2.75, 3.05) is 6.54 Å². The average molecular weight is 350 g/mol. The maximum atomic E-state index is 12.8. The lowest BCUT2D eigenvalue weighted by Gasteiger charge is -2.24. The highest BCUT2D eigenvalue weighted by molar-refractivity contribution is 9.10. The summed E-state index contributed by atoms with van der Waals surface area (Å²) in [4.78, 5) is 16.1. The SMILES string of the molecule is Cc1ccc(Br)c(C(=O)N2CCCC2c2cccs2)c1. The van der Waals surface area contributed by atoms with Crippen molar-refractivity contribution in [1.29, 1.82) is 0 Å². The van der Waals surface area contributed by atoms with Crippen LogP contribution < -0.4 is 0 Å². The molecule has 104 valence electrons. The van der Waals surface area contributed by atoms with Crippen molar-refractivity contribution < 1.29 is 4.79 Å². The van der Waals surface area contributed by atoms with Crippen LogP contribution in [-0.4, -0.2) is 17.4 Å². The van der Waals surface area contributed by atoms with Crippen molar-refractivity contribution in [1.82, 2.24) is 4.90 Å². The molecule has 0 N–H and O–H groups in total. The van der Waals surface area contributed by atoms with Crippen molar-refractivity contribution >= 4 is 33.2 Å². The van der Waals surface area contributed by atoms with Crippen LogP contribution in [0.1, 0.15) is 39.7 Å². The molecule has 0 radical (unpaired) electrons. The molecule has 1 atom stereocenters. The first-order valence-electron chi connectivity index (χ1n) is 6.77. The molecule has 0 aliphatic carbocycles. The lowest BCUT2D eigenvalue weighted by Crippen LogP contribution is -2.30. The predicted octanol–water partition coefficient (Wildman–Crippen LogP) is 4.80. The van der Waals surface area contributed by atoms with Crippen LogP contribution in [0.2, 0.25) is 0 Å². The van der Waals surface area contributed by atoms with Gasteiger partial charge in [0.2, 0.25) is 0 Å². The van der Waals surface area contributed by atoms with Gasteiger partial charge in [-0.2, -0.15) is 0 Å². The Bertz CT molecular complexity index is 623. The highest BCUT2D eigenvalue weighted by atomic mass is 79.9. The second kappa shape index (κ2) is 5.70. The van der Waals surface area contributed by atoms with E-state index >= 15 is 0 Å². The second-order valence-corrected chi connectivity index (χ2v) is 6.99. The Labute approximate surface area is 131 Å². The number of halogens is 1. The molecule has 1 unspecified atom stereocenters. The normalized spacial score (nSPS) is 18.5. The largest absolute Gasteiger partial charge is 0.331 e. The first-order valence-corrected chi connectivity index (χ1v) is 8.44. The molecule has 1 aliphatic rings. The summed E-state index contributed by atoms with van der Waals surface area (Å²) < 4.78 is 0.880. The minimum Gasteiger partial charge on any atom is -0.331 e. The number of carbonyl (C=O) groups excluding carboxylic acids is 1. The minimum atomic E-state index is 0.136. The Hall–Kier alpha value is -1.13. The van der Waals surface area contributed by atoms with E-state index in [0.717, 1.165) is 35.0 Å². The molecule has 1 aromatic carbocycles. The topological polar surface area (TPSA) is 20.3 Å². The van der Waals surface area contributed by atoms with Crippen LogP contribution >= 0.6 is 27.3 Å². The lowest BCUT2D eigenvalue weighted by molar-refractivity contribution is 0.0737. The summed E-state index contributed by atoms with van der Waals surface area (Å²) in [5.41, 5.74) is 1.89. The fraction of sp³-hybridized carbons (Fsp3) is 0.312. The van der Waals surface area contributed by atoms with Crippen molar-refractivity contribution in [3.05, 3.63) is 56.2 Å². The molecule has 1 aliphatic heterocycles. The summed E-state index contributed by atoms with van der Waals surface area (Å²) in [5, 5.41) is 2.08. The number of aryl methyl sites for hydroxylation is 1. The minimum absolute atomic E-state index is 0.136. The van der Waals surface area contributed by atoms with E-state index < -0.39 is 0 Å². The van der Waals surface area contributed by atoms with E-state index in [4.69, 9.17) is 0 Å². The van der Waals surface area contributed by atoms with Crippen LogP contribution in [0, 0.1) is 6.92 Å². The maximum Gasteiger partial charge on any atom is 0.255 e. The zero-order chi connectivity index (χ0) is 14.1. The second-order valence-electron chi connectivity index (χ2n) is 5.16. The molecule has 1 fully saturated rings. The third kappa shape index (κ3) is 2.54. The summed E-state index contributed by atoms with van der Waals surface area (Å²) in [5.74, 6) is 0.136. The molecule has 0 bridgehead atoms. The van der Waals surface area contributed by atoms with Gasteiger partial charge in [0, 0.05) is 15.9 Å². The number of hydrogen-bond acceptors (Lipinski definition) is 2. The van der Waals surface area contributed by atoms with E-state index in [-0.39, 0.29) is 11.9 Å². The number of rotatable bonds is 2. The number of carbonyl (C=O) groups is 1. The van der Waals surface area contributed by atoms with Crippen molar-refractivity contribution in [2.24, 2.45) is 0 Å². The highest BCUT2D eigenvalue weighted by Crippen LogP contribution is 2.36. The average Bonchev–Trinajstić information content (AvgIpc) is 3.10. The first-order chi connectivity index (χ1) is 9.66. The molecule has 1 saturated heterocycles. The predicted molar refractivity (Wildman–Crippen MR) is 86.2 cm³/mol. The number of thiophene rings is 1. The summed E-state index contributed by atoms with van der Waals surface area (Å²) >= 11 is 5.24. The van der Waals surface area contributed by atoms with Crippen LogP contribution in [0.25, 0.3) is 0 Å². The molecule has 2 heterocycles. The van der Waals surface area contributed by atoms with Gasteiger partial charge in [-0.05, 0) is 59.3 Å². The molecular weight excluding hydrogens is 334 g/mol. The number of amides is 1. The van der Waals surface area contributed by atoms with Crippen molar-refractivity contribution in [3.8, 4) is 0 Å². The van der Waals surface area contributed by atoms with E-state index in [2.05, 4.69) is 33.4 Å². The highest BCUT2D eigenvalue weighted by Gasteiger charge is 2.31. The Morgan fingerprint density at radius 3 is 3.00 bits per heavy atom. The number of likely N-dealkylation sites (tertiary alicyclic amines) is 1. The molecule has 3 rings (SSSR count).